The predicted molar refractivity (Wildman–Crippen MR) is 64.7 cm³/mol. The molecule has 5 nitrogen and oxygen atoms in total. The van der Waals surface area contributed by atoms with Gasteiger partial charge in [-0.25, -0.2) is 0 Å². The molecule has 1 rings (SSSR count). The first kappa shape index (κ1) is 14.0. The molecule has 2 atom stereocenters. The van der Waals surface area contributed by atoms with Crippen LogP contribution in [0.25, 0.3) is 0 Å². The van der Waals surface area contributed by atoms with Crippen LogP contribution in [0.4, 0.5) is 0 Å². The number of piperazine rings is 1. The van der Waals surface area contributed by atoms with E-state index in [4.69, 9.17) is 5.11 Å². The summed E-state index contributed by atoms with van der Waals surface area (Å²) in [6, 6.07) is -0.934. The molecule has 2 unspecified atom stereocenters. The fourth-order valence-electron chi connectivity index (χ4n) is 2.37. The molecule has 0 aromatic carbocycles. The van der Waals surface area contributed by atoms with Crippen molar-refractivity contribution in [1.29, 1.82) is 0 Å². The Morgan fingerprint density at radius 3 is 2.47 bits per heavy atom. The predicted octanol–water partition coefficient (Wildman–Crippen LogP) is 0.696. The van der Waals surface area contributed by atoms with Crippen LogP contribution in [-0.2, 0) is 9.59 Å². The van der Waals surface area contributed by atoms with Gasteiger partial charge in [0.1, 0.15) is 6.04 Å². The van der Waals surface area contributed by atoms with Gasteiger partial charge in [0, 0.05) is 19.0 Å². The highest BCUT2D eigenvalue weighted by Gasteiger charge is 2.36. The number of aliphatic carboxylic acids is 1. The highest BCUT2D eigenvalue weighted by molar-refractivity contribution is 5.81. The van der Waals surface area contributed by atoms with Gasteiger partial charge in [-0.15, -0.1) is 0 Å². The monoisotopic (exact) mass is 242 g/mol. The normalized spacial score (nSPS) is 25.1. The lowest BCUT2D eigenvalue weighted by atomic mass is 9.98. The van der Waals surface area contributed by atoms with Crippen LogP contribution in [0.2, 0.25) is 0 Å². The van der Waals surface area contributed by atoms with Crippen LogP contribution in [0.3, 0.4) is 0 Å². The van der Waals surface area contributed by atoms with E-state index in [1.807, 2.05) is 13.8 Å². The zero-order chi connectivity index (χ0) is 13.0. The van der Waals surface area contributed by atoms with Gasteiger partial charge in [0.15, 0.2) is 0 Å². The zero-order valence-electron chi connectivity index (χ0n) is 10.8. The van der Waals surface area contributed by atoms with Gasteiger partial charge in [-0.3, -0.25) is 9.59 Å². The fourth-order valence-corrected chi connectivity index (χ4v) is 2.37. The third-order valence-electron chi connectivity index (χ3n) is 3.57. The molecule has 0 aromatic rings. The molecule has 1 amide bonds. The van der Waals surface area contributed by atoms with Gasteiger partial charge in [0.25, 0.3) is 0 Å². The van der Waals surface area contributed by atoms with Crippen molar-refractivity contribution in [2.75, 3.05) is 13.1 Å². The number of hydrogen-bond acceptors (Lipinski definition) is 3. The molecule has 1 heterocycles. The van der Waals surface area contributed by atoms with Crippen LogP contribution < -0.4 is 5.32 Å². The molecule has 1 aliphatic heterocycles. The van der Waals surface area contributed by atoms with E-state index in [-0.39, 0.29) is 17.9 Å². The summed E-state index contributed by atoms with van der Waals surface area (Å²) < 4.78 is 0. The molecule has 1 fully saturated rings. The average Bonchev–Trinajstić information content (AvgIpc) is 2.30. The third kappa shape index (κ3) is 2.97. The van der Waals surface area contributed by atoms with Crippen LogP contribution in [-0.4, -0.2) is 47.1 Å². The maximum atomic E-state index is 12.2. The molecule has 0 aliphatic carbocycles. The number of hydrogen-bond donors (Lipinski definition) is 2. The lowest BCUT2D eigenvalue weighted by Gasteiger charge is -2.39. The molecule has 0 saturated carbocycles. The number of carboxylic acids is 1. The number of carbonyl (C=O) groups excluding carboxylic acids is 1. The molecule has 17 heavy (non-hydrogen) atoms. The van der Waals surface area contributed by atoms with E-state index >= 15 is 0 Å². The molecule has 98 valence electrons. The number of nitrogens with zero attached hydrogens (tertiary/aromatic N) is 1. The van der Waals surface area contributed by atoms with Crippen molar-refractivity contribution in [2.45, 2.75) is 45.7 Å². The van der Waals surface area contributed by atoms with Crippen molar-refractivity contribution in [3.8, 4) is 0 Å². The van der Waals surface area contributed by atoms with E-state index in [0.717, 1.165) is 12.8 Å². The Hall–Kier alpha value is -1.10. The lowest BCUT2D eigenvalue weighted by Crippen LogP contribution is -2.62. The molecule has 2 N–H and O–H groups in total. The quantitative estimate of drug-likeness (QED) is 0.761. The van der Waals surface area contributed by atoms with E-state index in [1.54, 1.807) is 11.8 Å². The lowest BCUT2D eigenvalue weighted by molar-refractivity contribution is -0.147. The molecule has 1 aliphatic rings. The summed E-state index contributed by atoms with van der Waals surface area (Å²) in [7, 11) is 0. The number of nitrogens with one attached hydrogen (secondary N) is 1. The average molecular weight is 242 g/mol. The molecule has 1 saturated heterocycles. The van der Waals surface area contributed by atoms with Gasteiger partial charge in [0.2, 0.25) is 5.91 Å². The first-order chi connectivity index (χ1) is 8.02. The number of carboxylic acid groups (broad SMARTS) is 1. The minimum atomic E-state index is -0.889. The Morgan fingerprint density at radius 2 is 2.00 bits per heavy atom. The van der Waals surface area contributed by atoms with Crippen LogP contribution in [0.1, 0.15) is 33.6 Å². The van der Waals surface area contributed by atoms with Crippen LogP contribution >= 0.6 is 0 Å². The zero-order valence-corrected chi connectivity index (χ0v) is 10.8. The van der Waals surface area contributed by atoms with Gasteiger partial charge in [-0.1, -0.05) is 13.8 Å². The summed E-state index contributed by atoms with van der Waals surface area (Å²) in [4.78, 5) is 25.0. The summed E-state index contributed by atoms with van der Waals surface area (Å²) in [6.07, 6.45) is 1.62. The fraction of sp³-hybridized carbons (Fsp3) is 0.833. The Morgan fingerprint density at radius 1 is 1.41 bits per heavy atom. The first-order valence-electron chi connectivity index (χ1n) is 6.29. The summed E-state index contributed by atoms with van der Waals surface area (Å²) >= 11 is 0. The molecule has 0 radical (unpaired) electrons. The van der Waals surface area contributed by atoms with Crippen LogP contribution in [0.5, 0.6) is 0 Å². The molecule has 0 spiro atoms. The van der Waals surface area contributed by atoms with Gasteiger partial charge in [-0.2, -0.15) is 0 Å². The molecule has 5 heteroatoms. The van der Waals surface area contributed by atoms with Crippen molar-refractivity contribution in [3.05, 3.63) is 0 Å². The van der Waals surface area contributed by atoms with E-state index in [2.05, 4.69) is 5.32 Å². The van der Waals surface area contributed by atoms with Crippen molar-refractivity contribution >= 4 is 11.9 Å². The van der Waals surface area contributed by atoms with E-state index in [9.17, 15) is 9.59 Å². The Labute approximate surface area is 102 Å². The van der Waals surface area contributed by atoms with Crippen molar-refractivity contribution in [1.82, 2.24) is 10.2 Å². The van der Waals surface area contributed by atoms with E-state index < -0.39 is 12.0 Å². The largest absolute Gasteiger partial charge is 0.480 e. The second-order valence-electron chi connectivity index (χ2n) is 4.56. The van der Waals surface area contributed by atoms with Crippen molar-refractivity contribution < 1.29 is 14.7 Å². The number of carbonyl (C=O) groups is 2. The highest BCUT2D eigenvalue weighted by Crippen LogP contribution is 2.17. The third-order valence-corrected chi connectivity index (χ3v) is 3.57. The second-order valence-corrected chi connectivity index (χ2v) is 4.56. The molecular weight excluding hydrogens is 220 g/mol. The summed E-state index contributed by atoms with van der Waals surface area (Å²) in [5, 5.41) is 12.0. The summed E-state index contributed by atoms with van der Waals surface area (Å²) in [5.41, 5.74) is 0. The smallest absolute Gasteiger partial charge is 0.322 e. The summed E-state index contributed by atoms with van der Waals surface area (Å²) in [5.74, 6) is -0.778. The topological polar surface area (TPSA) is 69.6 Å². The van der Waals surface area contributed by atoms with E-state index in [0.29, 0.717) is 13.1 Å². The van der Waals surface area contributed by atoms with Gasteiger partial charge in [-0.05, 0) is 19.8 Å². The Kier molecular flexibility index (Phi) is 4.93. The second kappa shape index (κ2) is 6.00. The maximum Gasteiger partial charge on any atom is 0.322 e. The standard InChI is InChI=1S/C12H22N2O3/c1-4-9(5-2)11(15)14-7-6-13-10(8(14)3)12(16)17/h8-10,13H,4-7H2,1-3H3,(H,16,17). The minimum Gasteiger partial charge on any atom is -0.480 e. The number of amides is 1. The van der Waals surface area contributed by atoms with Gasteiger partial charge >= 0.3 is 5.97 Å². The van der Waals surface area contributed by atoms with Gasteiger partial charge in [0.05, 0.1) is 6.04 Å². The molecular formula is C12H22N2O3. The number of rotatable bonds is 4. The Bertz CT molecular complexity index is 289. The van der Waals surface area contributed by atoms with Crippen molar-refractivity contribution in [3.63, 3.8) is 0 Å². The molecule has 0 aromatic heterocycles. The first-order valence-corrected chi connectivity index (χ1v) is 6.29. The highest BCUT2D eigenvalue weighted by atomic mass is 16.4. The maximum absolute atomic E-state index is 12.2. The summed E-state index contributed by atoms with van der Waals surface area (Å²) in [6.45, 7) is 6.93. The molecule has 0 bridgehead atoms. The SMILES string of the molecule is CCC(CC)C(=O)N1CCNC(C(=O)O)C1C. The van der Waals surface area contributed by atoms with E-state index in [1.165, 1.54) is 0 Å². The van der Waals surface area contributed by atoms with Gasteiger partial charge < -0.3 is 15.3 Å². The minimum absolute atomic E-state index is 0.0185. The van der Waals surface area contributed by atoms with Crippen LogP contribution in [0, 0.1) is 5.92 Å². The van der Waals surface area contributed by atoms with Crippen LogP contribution in [0.15, 0.2) is 0 Å². The van der Waals surface area contributed by atoms with Crippen molar-refractivity contribution in [2.24, 2.45) is 5.92 Å². The Balaban J connectivity index is 2.76.